The van der Waals surface area contributed by atoms with Crippen molar-refractivity contribution in [1.29, 1.82) is 0 Å². The van der Waals surface area contributed by atoms with Gasteiger partial charge in [-0.2, -0.15) is 0 Å². The summed E-state index contributed by atoms with van der Waals surface area (Å²) in [4.78, 5) is 0. The molecule has 0 saturated heterocycles. The molecule has 0 aromatic heterocycles. The molecule has 0 heterocycles. The summed E-state index contributed by atoms with van der Waals surface area (Å²) in [5, 5.41) is 0. The summed E-state index contributed by atoms with van der Waals surface area (Å²) in [5.41, 5.74) is 6.24. The van der Waals surface area contributed by atoms with E-state index in [2.05, 4.69) is 0 Å². The molecule has 0 amide bonds. The van der Waals surface area contributed by atoms with Crippen LogP contribution in [-0.4, -0.2) is 13.7 Å². The third-order valence-corrected chi connectivity index (χ3v) is 2.83. The Labute approximate surface area is 82.9 Å². The van der Waals surface area contributed by atoms with Crippen molar-refractivity contribution in [2.45, 2.75) is 12.3 Å². The topological polar surface area (TPSA) is 35.2 Å². The Hall–Kier alpha value is -1.09. The molecular formula is C11H14FNO. The maximum absolute atomic E-state index is 13.5. The number of methoxy groups -OCH3 is 1. The number of nitrogens with two attached hydrogens (primary N) is 1. The van der Waals surface area contributed by atoms with Crippen LogP contribution in [0, 0.1) is 11.7 Å². The molecule has 1 aliphatic carbocycles. The Morgan fingerprint density at radius 2 is 2.36 bits per heavy atom. The largest absolute Gasteiger partial charge is 0.496 e. The zero-order valence-electron chi connectivity index (χ0n) is 8.16. The highest BCUT2D eigenvalue weighted by Gasteiger charge is 2.40. The Balaban J connectivity index is 2.32. The molecule has 76 valence electrons. The van der Waals surface area contributed by atoms with Gasteiger partial charge in [-0.3, -0.25) is 0 Å². The van der Waals surface area contributed by atoms with Crippen LogP contribution in [0.15, 0.2) is 18.2 Å². The van der Waals surface area contributed by atoms with E-state index in [1.165, 1.54) is 6.07 Å². The second kappa shape index (κ2) is 3.58. The first kappa shape index (κ1) is 9.46. The van der Waals surface area contributed by atoms with Crippen LogP contribution in [0.4, 0.5) is 4.39 Å². The lowest BCUT2D eigenvalue weighted by Crippen LogP contribution is -2.03. The summed E-state index contributed by atoms with van der Waals surface area (Å²) in [5.74, 6) is 1.16. The molecule has 1 aromatic carbocycles. The summed E-state index contributed by atoms with van der Waals surface area (Å²) < 4.78 is 18.7. The zero-order chi connectivity index (χ0) is 10.1. The molecule has 2 unspecified atom stereocenters. The highest BCUT2D eigenvalue weighted by molar-refractivity contribution is 5.40. The molecule has 14 heavy (non-hydrogen) atoms. The van der Waals surface area contributed by atoms with Crippen molar-refractivity contribution in [2.75, 3.05) is 13.7 Å². The molecule has 1 aromatic rings. The van der Waals surface area contributed by atoms with Crippen LogP contribution in [-0.2, 0) is 0 Å². The molecule has 3 heteroatoms. The van der Waals surface area contributed by atoms with Crippen molar-refractivity contribution in [3.05, 3.63) is 29.6 Å². The SMILES string of the molecule is COc1cccc(F)c1C1CC1CN. The standard InChI is InChI=1S/C11H14FNO/c1-14-10-4-2-3-9(12)11(10)8-5-7(8)6-13/h2-4,7-8H,5-6,13H2,1H3. The maximum Gasteiger partial charge on any atom is 0.130 e. The molecule has 1 aliphatic rings. The van der Waals surface area contributed by atoms with Crippen LogP contribution < -0.4 is 10.5 Å². The first-order valence-electron chi connectivity index (χ1n) is 4.80. The van der Waals surface area contributed by atoms with Crippen LogP contribution in [0.2, 0.25) is 0 Å². The van der Waals surface area contributed by atoms with Crippen LogP contribution in [0.25, 0.3) is 0 Å². The van der Waals surface area contributed by atoms with Gasteiger partial charge in [0.25, 0.3) is 0 Å². The number of halogens is 1. The molecule has 2 atom stereocenters. The van der Waals surface area contributed by atoms with Crippen molar-refractivity contribution in [1.82, 2.24) is 0 Å². The second-order valence-electron chi connectivity index (χ2n) is 3.69. The third kappa shape index (κ3) is 1.48. The van der Waals surface area contributed by atoms with Crippen molar-refractivity contribution in [3.8, 4) is 5.75 Å². The van der Waals surface area contributed by atoms with Crippen LogP contribution in [0.1, 0.15) is 17.9 Å². The smallest absolute Gasteiger partial charge is 0.130 e. The minimum Gasteiger partial charge on any atom is -0.496 e. The minimum atomic E-state index is -0.176. The van der Waals surface area contributed by atoms with E-state index in [1.807, 2.05) is 0 Å². The predicted octanol–water partition coefficient (Wildman–Crippen LogP) is 1.90. The fourth-order valence-corrected chi connectivity index (χ4v) is 1.92. The Morgan fingerprint density at radius 3 is 2.93 bits per heavy atom. The quantitative estimate of drug-likeness (QED) is 0.799. The average molecular weight is 195 g/mol. The predicted molar refractivity (Wildman–Crippen MR) is 52.9 cm³/mol. The van der Waals surface area contributed by atoms with Gasteiger partial charge >= 0.3 is 0 Å². The van der Waals surface area contributed by atoms with Gasteiger partial charge in [0.15, 0.2) is 0 Å². The molecule has 2 N–H and O–H groups in total. The van der Waals surface area contributed by atoms with E-state index in [1.54, 1.807) is 19.2 Å². The second-order valence-corrected chi connectivity index (χ2v) is 3.69. The normalized spacial score (nSPS) is 24.8. The Kier molecular flexibility index (Phi) is 2.42. The van der Waals surface area contributed by atoms with Gasteiger partial charge in [-0.05, 0) is 36.9 Å². The molecule has 0 aliphatic heterocycles. The molecule has 1 saturated carbocycles. The van der Waals surface area contributed by atoms with Gasteiger partial charge in [0.05, 0.1) is 7.11 Å². The first-order chi connectivity index (χ1) is 6.77. The minimum absolute atomic E-state index is 0.176. The molecule has 0 radical (unpaired) electrons. The molecule has 1 fully saturated rings. The summed E-state index contributed by atoms with van der Waals surface area (Å²) >= 11 is 0. The molecule has 0 bridgehead atoms. The van der Waals surface area contributed by atoms with E-state index < -0.39 is 0 Å². The van der Waals surface area contributed by atoms with E-state index in [-0.39, 0.29) is 11.7 Å². The lowest BCUT2D eigenvalue weighted by atomic mass is 10.1. The number of benzene rings is 1. The third-order valence-electron chi connectivity index (χ3n) is 2.83. The van der Waals surface area contributed by atoms with Crippen molar-refractivity contribution >= 4 is 0 Å². The summed E-state index contributed by atoms with van der Waals surface area (Å²) in [7, 11) is 1.57. The van der Waals surface area contributed by atoms with Gasteiger partial charge in [0, 0.05) is 5.56 Å². The van der Waals surface area contributed by atoms with E-state index >= 15 is 0 Å². The fraction of sp³-hybridized carbons (Fsp3) is 0.455. The van der Waals surface area contributed by atoms with Gasteiger partial charge in [-0.25, -0.2) is 4.39 Å². The lowest BCUT2D eigenvalue weighted by Gasteiger charge is -2.08. The van der Waals surface area contributed by atoms with Gasteiger partial charge in [-0.15, -0.1) is 0 Å². The number of rotatable bonds is 3. The summed E-state index contributed by atoms with van der Waals surface area (Å²) in [6.45, 7) is 0.627. The van der Waals surface area contributed by atoms with Gasteiger partial charge < -0.3 is 10.5 Å². The van der Waals surface area contributed by atoms with Gasteiger partial charge in [0.1, 0.15) is 11.6 Å². The van der Waals surface area contributed by atoms with Crippen molar-refractivity contribution < 1.29 is 9.13 Å². The van der Waals surface area contributed by atoms with Crippen LogP contribution >= 0.6 is 0 Å². The number of hydrogen-bond donors (Lipinski definition) is 1. The van der Waals surface area contributed by atoms with Gasteiger partial charge in [-0.1, -0.05) is 6.07 Å². The van der Waals surface area contributed by atoms with Crippen LogP contribution in [0.5, 0.6) is 5.75 Å². The van der Waals surface area contributed by atoms with Crippen molar-refractivity contribution in [3.63, 3.8) is 0 Å². The molecule has 0 spiro atoms. The Morgan fingerprint density at radius 1 is 1.57 bits per heavy atom. The Bertz CT molecular complexity index is 340. The van der Waals surface area contributed by atoms with Crippen molar-refractivity contribution in [2.24, 2.45) is 11.7 Å². The van der Waals surface area contributed by atoms with E-state index in [0.29, 0.717) is 23.8 Å². The van der Waals surface area contributed by atoms with E-state index in [4.69, 9.17) is 10.5 Å². The lowest BCUT2D eigenvalue weighted by molar-refractivity contribution is 0.404. The number of ether oxygens (including phenoxy) is 1. The fourth-order valence-electron chi connectivity index (χ4n) is 1.92. The first-order valence-corrected chi connectivity index (χ1v) is 4.80. The molecular weight excluding hydrogens is 181 g/mol. The van der Waals surface area contributed by atoms with E-state index in [9.17, 15) is 4.39 Å². The number of hydrogen-bond acceptors (Lipinski definition) is 2. The molecule has 2 rings (SSSR count). The highest BCUT2D eigenvalue weighted by atomic mass is 19.1. The van der Waals surface area contributed by atoms with E-state index in [0.717, 1.165) is 6.42 Å². The summed E-state index contributed by atoms with van der Waals surface area (Å²) in [6, 6.07) is 4.94. The zero-order valence-corrected chi connectivity index (χ0v) is 8.16. The maximum atomic E-state index is 13.5. The molecule has 2 nitrogen and oxygen atoms in total. The average Bonchev–Trinajstić information content (AvgIpc) is 2.96. The monoisotopic (exact) mass is 195 g/mol. The van der Waals surface area contributed by atoms with Gasteiger partial charge in [0.2, 0.25) is 0 Å². The van der Waals surface area contributed by atoms with Crippen LogP contribution in [0.3, 0.4) is 0 Å². The highest BCUT2D eigenvalue weighted by Crippen LogP contribution is 2.50. The summed E-state index contributed by atoms with van der Waals surface area (Å²) in [6.07, 6.45) is 0.980.